The average molecular weight is 509 g/mol. The molecule has 0 unspecified atom stereocenters. The Hall–Kier alpha value is -0.466. The molecule has 0 radical (unpaired) electrons. The van der Waals surface area contributed by atoms with E-state index in [1.165, 1.54) is 18.1 Å². The lowest BCUT2D eigenvalue weighted by Gasteiger charge is -2.38. The minimum absolute atomic E-state index is 0.00889. The summed E-state index contributed by atoms with van der Waals surface area (Å²) in [4.78, 5) is 0. The Morgan fingerprint density at radius 2 is 1.74 bits per heavy atom. The van der Waals surface area contributed by atoms with Gasteiger partial charge < -0.3 is 23.7 Å². The van der Waals surface area contributed by atoms with Crippen molar-refractivity contribution in [1.82, 2.24) is 0 Å². The van der Waals surface area contributed by atoms with Crippen molar-refractivity contribution >= 4 is 16.4 Å². The number of aliphatic hydroxyl groups is 1. The number of hydrogen-bond acceptors (Lipinski definition) is 5. The summed E-state index contributed by atoms with van der Waals surface area (Å²) >= 11 is 0. The minimum atomic E-state index is -1.91. The Labute approximate surface area is 210 Å². The van der Waals surface area contributed by atoms with Crippen LogP contribution in [0.15, 0.2) is 11.6 Å². The van der Waals surface area contributed by atoms with Gasteiger partial charge in [0.1, 0.15) is 6.10 Å². The molecule has 0 aromatic rings. The molecule has 2 aliphatic heterocycles. The molecule has 2 saturated heterocycles. The van der Waals surface area contributed by atoms with Crippen molar-refractivity contribution < 1.29 is 23.7 Å². The molecule has 0 aromatic carbocycles. The lowest BCUT2D eigenvalue weighted by atomic mass is 10.00. The van der Waals surface area contributed by atoms with Crippen molar-refractivity contribution in [3.8, 4) is 11.8 Å². The molecule has 0 saturated carbocycles. The van der Waals surface area contributed by atoms with Gasteiger partial charge in [-0.05, 0) is 44.5 Å². The zero-order valence-corrected chi connectivity index (χ0v) is 25.2. The van der Waals surface area contributed by atoms with Gasteiger partial charge in [0.25, 0.3) is 0 Å². The average Bonchev–Trinajstić information content (AvgIpc) is 3.18. The summed E-state index contributed by atoms with van der Waals surface area (Å²) in [6, 6.07) is 3.53. The lowest BCUT2D eigenvalue weighted by molar-refractivity contribution is -0.143. The normalized spacial score (nSPS) is 33.4. The zero-order valence-electron chi connectivity index (χ0n) is 23.2. The van der Waals surface area contributed by atoms with E-state index in [1.54, 1.807) is 0 Å². The second-order valence-electron chi connectivity index (χ2n) is 12.4. The monoisotopic (exact) mass is 508 g/mol. The van der Waals surface area contributed by atoms with Crippen molar-refractivity contribution in [3.05, 3.63) is 11.6 Å². The Morgan fingerprint density at radius 3 is 2.21 bits per heavy atom. The first-order valence-corrected chi connectivity index (χ1v) is 18.8. The van der Waals surface area contributed by atoms with Gasteiger partial charge in [0.15, 0.2) is 19.7 Å². The maximum absolute atomic E-state index is 10.1. The van der Waals surface area contributed by atoms with E-state index >= 15 is 0 Å². The molecule has 7 heteroatoms. The van der Waals surface area contributed by atoms with Gasteiger partial charge in [-0.1, -0.05) is 71.5 Å². The summed E-state index contributed by atoms with van der Waals surface area (Å²) in [6.07, 6.45) is 2.76. The van der Waals surface area contributed by atoms with E-state index in [1.807, 2.05) is 13.8 Å². The Morgan fingerprint density at radius 1 is 1.12 bits per heavy atom. The molecule has 1 N–H and O–H groups in total. The molecular formula is C27H48O5Si2. The summed E-state index contributed by atoms with van der Waals surface area (Å²) in [5, 5.41) is 10.3. The van der Waals surface area contributed by atoms with Crippen molar-refractivity contribution in [3.63, 3.8) is 0 Å². The molecule has 3 rings (SSSR count). The van der Waals surface area contributed by atoms with Gasteiger partial charge in [-0.15, -0.1) is 0 Å². The van der Waals surface area contributed by atoms with Gasteiger partial charge in [0.2, 0.25) is 0 Å². The summed E-state index contributed by atoms with van der Waals surface area (Å²) in [5.41, 5.74) is 0.528. The highest BCUT2D eigenvalue weighted by molar-refractivity contribution is 6.81. The topological polar surface area (TPSA) is 60.5 Å². The second kappa shape index (κ2) is 9.77. The highest BCUT2D eigenvalue weighted by Gasteiger charge is 2.70. The molecule has 194 valence electrons. The lowest BCUT2D eigenvalue weighted by Crippen LogP contribution is -2.47. The largest absolute Gasteiger partial charge is 0.410 e. The first-order valence-electron chi connectivity index (χ1n) is 13.2. The van der Waals surface area contributed by atoms with Gasteiger partial charge >= 0.3 is 0 Å². The predicted molar refractivity (Wildman–Crippen MR) is 143 cm³/mol. The maximum Gasteiger partial charge on any atom is 0.192 e. The molecule has 5 nitrogen and oxygen atoms in total. The summed E-state index contributed by atoms with van der Waals surface area (Å²) in [7, 11) is -3.56. The van der Waals surface area contributed by atoms with E-state index in [0.29, 0.717) is 6.61 Å². The molecule has 1 aliphatic carbocycles. The summed E-state index contributed by atoms with van der Waals surface area (Å²) < 4.78 is 25.5. The third-order valence-corrected chi connectivity index (χ3v) is 19.4. The van der Waals surface area contributed by atoms with Crippen LogP contribution in [0, 0.1) is 17.8 Å². The molecule has 5 atom stereocenters. The van der Waals surface area contributed by atoms with Crippen LogP contribution >= 0.6 is 0 Å². The van der Waals surface area contributed by atoms with E-state index in [2.05, 4.69) is 72.6 Å². The van der Waals surface area contributed by atoms with Crippen molar-refractivity contribution in [1.29, 1.82) is 0 Å². The number of epoxide rings is 1. The number of hydrogen-bond donors (Lipinski definition) is 1. The van der Waals surface area contributed by atoms with Gasteiger partial charge in [0.05, 0.1) is 33.1 Å². The molecule has 0 bridgehead atoms. The van der Waals surface area contributed by atoms with E-state index in [-0.39, 0.29) is 35.5 Å². The van der Waals surface area contributed by atoms with E-state index < -0.39 is 27.8 Å². The molecular weight excluding hydrogens is 460 g/mol. The van der Waals surface area contributed by atoms with Crippen LogP contribution in [-0.2, 0) is 18.6 Å². The molecule has 2 fully saturated rings. The minimum Gasteiger partial charge on any atom is -0.410 e. The van der Waals surface area contributed by atoms with Crippen molar-refractivity contribution in [2.75, 3.05) is 13.2 Å². The van der Waals surface area contributed by atoms with Crippen LogP contribution in [0.3, 0.4) is 0 Å². The Bertz CT molecular complexity index is 822. The first kappa shape index (κ1) is 28.1. The molecule has 2 heterocycles. The fourth-order valence-corrected chi connectivity index (χ4v) is 10.8. The van der Waals surface area contributed by atoms with Gasteiger partial charge in [-0.25, -0.2) is 0 Å². The van der Waals surface area contributed by atoms with Crippen LogP contribution in [0.1, 0.15) is 61.8 Å². The number of rotatable bonds is 8. The van der Waals surface area contributed by atoms with Crippen LogP contribution in [0.25, 0.3) is 0 Å². The highest BCUT2D eigenvalue weighted by atomic mass is 28.4. The van der Waals surface area contributed by atoms with Crippen LogP contribution in [0.5, 0.6) is 0 Å². The molecule has 0 amide bonds. The SMILES string of the molecule is CC[Si](CC)(CC)[C@@H]1O[C@@]1(C#CC1=C[C@@H](O[Si](C)(C)C(C)(C)C)C[C@H]1CO)[C@H]1COC(C)(C)O1. The summed E-state index contributed by atoms with van der Waals surface area (Å²) in [6.45, 7) is 22.7. The number of ether oxygens (including phenoxy) is 3. The van der Waals surface area contributed by atoms with E-state index in [0.717, 1.165) is 12.0 Å². The number of aliphatic hydroxyl groups excluding tert-OH is 1. The molecule has 0 spiro atoms. The standard InChI is InChI=1S/C27H48O5Si2/c1-11-34(12-2,13-3)24-27(31-24,23-19-29-26(7,8)30-23)15-14-20-16-22(17-21(20)18-28)32-33(9,10)25(4,5)6/h16,21-24,28H,11-13,17-19H2,1-10H3/t21-,22+,23+,24-,27-/m0/s1. The van der Waals surface area contributed by atoms with E-state index in [4.69, 9.17) is 18.6 Å². The smallest absolute Gasteiger partial charge is 0.192 e. The third-order valence-electron chi connectivity index (χ3n) is 9.00. The van der Waals surface area contributed by atoms with Crippen molar-refractivity contribution in [2.24, 2.45) is 5.92 Å². The predicted octanol–water partition coefficient (Wildman–Crippen LogP) is 5.66. The second-order valence-corrected chi connectivity index (χ2v) is 22.6. The van der Waals surface area contributed by atoms with Gasteiger partial charge in [0, 0.05) is 11.5 Å². The fourth-order valence-electron chi connectivity index (χ4n) is 5.30. The maximum atomic E-state index is 10.1. The van der Waals surface area contributed by atoms with Crippen LogP contribution < -0.4 is 0 Å². The van der Waals surface area contributed by atoms with Gasteiger partial charge in [-0.3, -0.25) is 0 Å². The molecule has 34 heavy (non-hydrogen) atoms. The van der Waals surface area contributed by atoms with Crippen LogP contribution in [0.4, 0.5) is 0 Å². The summed E-state index contributed by atoms with van der Waals surface area (Å²) in [5.74, 6) is 6.42. The van der Waals surface area contributed by atoms with Gasteiger partial charge in [-0.2, -0.15) is 0 Å². The Balaban J connectivity index is 1.91. The van der Waals surface area contributed by atoms with Crippen LogP contribution in [-0.4, -0.2) is 64.0 Å². The zero-order chi connectivity index (χ0) is 25.6. The highest BCUT2D eigenvalue weighted by Crippen LogP contribution is 2.52. The van der Waals surface area contributed by atoms with Crippen LogP contribution in [0.2, 0.25) is 36.3 Å². The Kier molecular flexibility index (Phi) is 8.08. The third kappa shape index (κ3) is 5.29. The quantitative estimate of drug-likeness (QED) is 0.261. The molecule has 3 aliphatic rings. The first-order chi connectivity index (χ1) is 15.7. The molecule has 0 aromatic heterocycles. The van der Waals surface area contributed by atoms with E-state index in [9.17, 15) is 5.11 Å². The van der Waals surface area contributed by atoms with Crippen molar-refractivity contribution in [2.45, 2.75) is 127 Å². The fraction of sp³-hybridized carbons (Fsp3) is 0.852.